The lowest BCUT2D eigenvalue weighted by molar-refractivity contribution is -0.380. The molecule has 2 rings (SSSR count). The van der Waals surface area contributed by atoms with Gasteiger partial charge in [-0.25, -0.2) is 5.43 Å². The van der Waals surface area contributed by atoms with Crippen LogP contribution in [0.25, 0.3) is 0 Å². The van der Waals surface area contributed by atoms with E-state index in [1.807, 2.05) is 0 Å². The number of halogens is 2. The van der Waals surface area contributed by atoms with Crippen LogP contribution < -0.4 is 10.2 Å². The zero-order chi connectivity index (χ0) is 16.8. The van der Waals surface area contributed by atoms with Gasteiger partial charge in [-0.3, -0.25) is 14.9 Å². The molecule has 1 aromatic heterocycles. The summed E-state index contributed by atoms with van der Waals surface area (Å²) in [7, 11) is 0. The van der Waals surface area contributed by atoms with Crippen molar-refractivity contribution < 1.29 is 14.5 Å². The van der Waals surface area contributed by atoms with Gasteiger partial charge in [-0.15, -0.1) is 0 Å². The Bertz CT molecular complexity index is 763. The maximum absolute atomic E-state index is 11.6. The van der Waals surface area contributed by atoms with Gasteiger partial charge in [-0.2, -0.15) is 5.10 Å². The third-order valence-corrected chi connectivity index (χ3v) is 4.51. The van der Waals surface area contributed by atoms with Crippen LogP contribution in [0.4, 0.5) is 5.00 Å². The summed E-state index contributed by atoms with van der Waals surface area (Å²) in [6.07, 6.45) is 1.34. The van der Waals surface area contributed by atoms with Gasteiger partial charge in [-0.1, -0.05) is 27.3 Å². The Morgan fingerprint density at radius 2 is 2.17 bits per heavy atom. The molecule has 120 valence electrons. The summed E-state index contributed by atoms with van der Waals surface area (Å²) in [5.41, 5.74) is 2.29. The van der Waals surface area contributed by atoms with Gasteiger partial charge >= 0.3 is 5.00 Å². The highest BCUT2D eigenvalue weighted by Crippen LogP contribution is 2.28. The Hall–Kier alpha value is -1.78. The number of thiophene rings is 1. The Balaban J connectivity index is 1.82. The van der Waals surface area contributed by atoms with E-state index in [1.54, 1.807) is 24.3 Å². The van der Waals surface area contributed by atoms with Crippen LogP contribution in [-0.4, -0.2) is 23.7 Å². The van der Waals surface area contributed by atoms with E-state index < -0.39 is 10.8 Å². The Kier molecular flexibility index (Phi) is 6.25. The first-order valence-electron chi connectivity index (χ1n) is 6.09. The number of carbonyl (C=O) groups is 1. The number of nitro groups is 1. The molecule has 0 saturated heterocycles. The average Bonchev–Trinajstić information content (AvgIpc) is 2.95. The Labute approximate surface area is 151 Å². The van der Waals surface area contributed by atoms with E-state index in [-0.39, 0.29) is 11.6 Å². The molecule has 0 saturated carbocycles. The quantitative estimate of drug-likeness (QED) is 0.402. The van der Waals surface area contributed by atoms with E-state index in [9.17, 15) is 14.9 Å². The second-order valence-corrected chi connectivity index (χ2v) is 6.95. The van der Waals surface area contributed by atoms with Crippen LogP contribution in [0, 0.1) is 10.1 Å². The van der Waals surface area contributed by atoms with Gasteiger partial charge in [0.05, 0.1) is 20.5 Å². The maximum atomic E-state index is 11.6. The lowest BCUT2D eigenvalue weighted by Gasteiger charge is -2.07. The van der Waals surface area contributed by atoms with Crippen molar-refractivity contribution in [2.75, 3.05) is 6.61 Å². The molecule has 23 heavy (non-hydrogen) atoms. The van der Waals surface area contributed by atoms with Crippen molar-refractivity contribution in [2.24, 2.45) is 5.10 Å². The minimum atomic E-state index is -0.482. The minimum absolute atomic E-state index is 0.0150. The summed E-state index contributed by atoms with van der Waals surface area (Å²) in [5, 5.41) is 14.3. The van der Waals surface area contributed by atoms with Crippen LogP contribution in [0.5, 0.6) is 5.75 Å². The van der Waals surface area contributed by atoms with Crippen molar-refractivity contribution in [3.8, 4) is 5.75 Å². The molecule has 0 atom stereocenters. The molecule has 0 aliphatic heterocycles. The number of benzene rings is 1. The molecule has 0 aliphatic rings. The average molecular weight is 463 g/mol. The fourth-order valence-corrected chi connectivity index (χ4v) is 3.30. The Morgan fingerprint density at radius 3 is 2.83 bits per heavy atom. The third-order valence-electron chi connectivity index (χ3n) is 2.43. The SMILES string of the molecule is O=C(COc1ccc(Br)cc1Br)N/N=C/c1ccc([N+](=O)[O-])s1. The van der Waals surface area contributed by atoms with E-state index in [1.165, 1.54) is 12.3 Å². The summed E-state index contributed by atoms with van der Waals surface area (Å²) < 4.78 is 6.95. The number of nitrogens with zero attached hydrogens (tertiary/aromatic N) is 2. The fourth-order valence-electron chi connectivity index (χ4n) is 1.45. The molecule has 0 aliphatic carbocycles. The molecule has 0 radical (unpaired) electrons. The zero-order valence-electron chi connectivity index (χ0n) is 11.4. The molecule has 7 nitrogen and oxygen atoms in total. The fraction of sp³-hybridized carbons (Fsp3) is 0.0769. The topological polar surface area (TPSA) is 93.8 Å². The molecule has 1 aromatic carbocycles. The van der Waals surface area contributed by atoms with Crippen LogP contribution >= 0.6 is 43.2 Å². The molecule has 0 unspecified atom stereocenters. The molecule has 0 spiro atoms. The molecular weight excluding hydrogens is 454 g/mol. The number of nitrogens with one attached hydrogen (secondary N) is 1. The van der Waals surface area contributed by atoms with Gasteiger partial charge in [-0.05, 0) is 40.2 Å². The first-order chi connectivity index (χ1) is 11.0. The van der Waals surface area contributed by atoms with E-state index in [2.05, 4.69) is 42.4 Å². The zero-order valence-corrected chi connectivity index (χ0v) is 15.4. The first-order valence-corrected chi connectivity index (χ1v) is 8.50. The summed E-state index contributed by atoms with van der Waals surface area (Å²) in [4.78, 5) is 22.2. The summed E-state index contributed by atoms with van der Waals surface area (Å²) in [6, 6.07) is 8.24. The number of hydrogen-bond acceptors (Lipinski definition) is 6. The molecule has 0 fully saturated rings. The standard InChI is InChI=1S/C13H9Br2N3O4S/c14-8-1-3-11(10(15)5-8)22-7-12(19)17-16-6-9-2-4-13(23-9)18(20)21/h1-6H,7H2,(H,17,19)/b16-6+. The number of hydrazone groups is 1. The lowest BCUT2D eigenvalue weighted by atomic mass is 10.3. The molecule has 1 N–H and O–H groups in total. The van der Waals surface area contributed by atoms with Gasteiger partial charge in [0.2, 0.25) is 0 Å². The summed E-state index contributed by atoms with van der Waals surface area (Å²) >= 11 is 7.61. The molecule has 0 bridgehead atoms. The lowest BCUT2D eigenvalue weighted by Crippen LogP contribution is -2.24. The van der Waals surface area contributed by atoms with Crippen LogP contribution in [-0.2, 0) is 4.79 Å². The predicted octanol–water partition coefficient (Wildman–Crippen LogP) is 3.71. The van der Waals surface area contributed by atoms with Crippen molar-refractivity contribution in [1.29, 1.82) is 0 Å². The van der Waals surface area contributed by atoms with Crippen molar-refractivity contribution in [2.45, 2.75) is 0 Å². The molecule has 2 aromatic rings. The smallest absolute Gasteiger partial charge is 0.324 e. The molecule has 10 heteroatoms. The molecular formula is C13H9Br2N3O4S. The third kappa shape index (κ3) is 5.41. The van der Waals surface area contributed by atoms with Gasteiger partial charge < -0.3 is 4.74 Å². The highest BCUT2D eigenvalue weighted by atomic mass is 79.9. The van der Waals surface area contributed by atoms with Crippen molar-refractivity contribution in [1.82, 2.24) is 5.43 Å². The van der Waals surface area contributed by atoms with E-state index in [4.69, 9.17) is 4.74 Å². The van der Waals surface area contributed by atoms with E-state index >= 15 is 0 Å². The second-order valence-electron chi connectivity index (χ2n) is 4.09. The van der Waals surface area contributed by atoms with Gasteiger partial charge in [0.15, 0.2) is 6.61 Å². The van der Waals surface area contributed by atoms with Crippen LogP contribution in [0.15, 0.2) is 44.4 Å². The van der Waals surface area contributed by atoms with Crippen LogP contribution in [0.1, 0.15) is 4.88 Å². The minimum Gasteiger partial charge on any atom is -0.483 e. The van der Waals surface area contributed by atoms with Gasteiger partial charge in [0, 0.05) is 10.5 Å². The Morgan fingerprint density at radius 1 is 1.39 bits per heavy atom. The first kappa shape index (κ1) is 17.6. The van der Waals surface area contributed by atoms with E-state index in [0.717, 1.165) is 15.8 Å². The second kappa shape index (κ2) is 8.18. The molecule has 1 amide bonds. The van der Waals surface area contributed by atoms with Crippen molar-refractivity contribution >= 4 is 60.3 Å². The highest BCUT2D eigenvalue weighted by molar-refractivity contribution is 9.11. The number of ether oxygens (including phenoxy) is 1. The molecule has 1 heterocycles. The predicted molar refractivity (Wildman–Crippen MR) is 94.0 cm³/mol. The summed E-state index contributed by atoms with van der Waals surface area (Å²) in [5.74, 6) is 0.0864. The number of rotatable bonds is 6. The monoisotopic (exact) mass is 461 g/mol. The van der Waals surface area contributed by atoms with E-state index in [0.29, 0.717) is 15.1 Å². The van der Waals surface area contributed by atoms with Gasteiger partial charge in [0.1, 0.15) is 5.75 Å². The van der Waals surface area contributed by atoms with Crippen molar-refractivity contribution in [3.05, 3.63) is 54.3 Å². The van der Waals surface area contributed by atoms with Crippen LogP contribution in [0.2, 0.25) is 0 Å². The summed E-state index contributed by atoms with van der Waals surface area (Å²) in [6.45, 7) is -0.206. The largest absolute Gasteiger partial charge is 0.483 e. The van der Waals surface area contributed by atoms with Gasteiger partial charge in [0.25, 0.3) is 5.91 Å². The number of hydrogen-bond donors (Lipinski definition) is 1. The highest BCUT2D eigenvalue weighted by Gasteiger charge is 2.08. The van der Waals surface area contributed by atoms with Crippen LogP contribution in [0.3, 0.4) is 0 Å². The number of amides is 1. The normalized spacial score (nSPS) is 10.7. The maximum Gasteiger partial charge on any atom is 0.324 e. The number of carbonyl (C=O) groups excluding carboxylic acids is 1. The van der Waals surface area contributed by atoms with Crippen molar-refractivity contribution in [3.63, 3.8) is 0 Å².